The Morgan fingerprint density at radius 2 is 1.84 bits per heavy atom. The van der Waals surface area contributed by atoms with Crippen LogP contribution >= 0.6 is 23.2 Å². The lowest BCUT2D eigenvalue weighted by atomic mass is 10.0. The van der Waals surface area contributed by atoms with E-state index in [1.807, 2.05) is 24.3 Å². The Hall–Kier alpha value is -2.76. The van der Waals surface area contributed by atoms with E-state index in [0.29, 0.717) is 5.56 Å². The number of nitrogens with one attached hydrogen (secondary N) is 1. The summed E-state index contributed by atoms with van der Waals surface area (Å²) < 4.78 is 0. The van der Waals surface area contributed by atoms with Gasteiger partial charge in [-0.25, -0.2) is 5.43 Å². The van der Waals surface area contributed by atoms with Crippen molar-refractivity contribution in [3.05, 3.63) is 69.7 Å². The summed E-state index contributed by atoms with van der Waals surface area (Å²) in [6.45, 7) is 0. The summed E-state index contributed by atoms with van der Waals surface area (Å²) in [6.07, 6.45) is 1.33. The van der Waals surface area contributed by atoms with E-state index in [4.69, 9.17) is 23.2 Å². The number of phenolic OH excluding ortho intramolecular Hbond substituents is 2. The summed E-state index contributed by atoms with van der Waals surface area (Å²) >= 11 is 11.6. The first-order valence-corrected chi connectivity index (χ1v) is 7.95. The highest BCUT2D eigenvalue weighted by atomic mass is 35.5. The summed E-state index contributed by atoms with van der Waals surface area (Å²) in [6, 6.07) is 13.4. The molecule has 3 aromatic rings. The highest BCUT2D eigenvalue weighted by Gasteiger charge is 2.15. The van der Waals surface area contributed by atoms with Crippen LogP contribution in [0.1, 0.15) is 15.9 Å². The molecule has 126 valence electrons. The molecule has 0 unspecified atom stereocenters. The first-order chi connectivity index (χ1) is 12.0. The van der Waals surface area contributed by atoms with Gasteiger partial charge in [0.1, 0.15) is 11.5 Å². The Balaban J connectivity index is 1.87. The van der Waals surface area contributed by atoms with Crippen molar-refractivity contribution in [2.75, 3.05) is 0 Å². The van der Waals surface area contributed by atoms with Gasteiger partial charge >= 0.3 is 0 Å². The zero-order chi connectivity index (χ0) is 18.0. The fourth-order valence-electron chi connectivity index (χ4n) is 2.37. The van der Waals surface area contributed by atoms with E-state index >= 15 is 0 Å². The van der Waals surface area contributed by atoms with E-state index in [-0.39, 0.29) is 27.1 Å². The number of fused-ring (bicyclic) bond motifs is 1. The van der Waals surface area contributed by atoms with Gasteiger partial charge in [0.2, 0.25) is 0 Å². The summed E-state index contributed by atoms with van der Waals surface area (Å²) in [5.74, 6) is -1.03. The first kappa shape index (κ1) is 17.1. The second-order valence-electron chi connectivity index (χ2n) is 5.20. The van der Waals surface area contributed by atoms with Crippen LogP contribution in [0.4, 0.5) is 0 Å². The molecule has 0 spiro atoms. The standard InChI is InChI=1S/C18H12Cl2N2O3/c19-11-7-13(17(24)15(20)8-11)18(25)22-21-9-14-12-4-2-1-3-10(12)5-6-16(14)23/h1-9,23-24H,(H,22,25)/b21-9+. The lowest BCUT2D eigenvalue weighted by Crippen LogP contribution is -2.18. The smallest absolute Gasteiger partial charge is 0.275 e. The van der Waals surface area contributed by atoms with Crippen molar-refractivity contribution in [2.45, 2.75) is 0 Å². The molecule has 0 aliphatic carbocycles. The van der Waals surface area contributed by atoms with Crippen molar-refractivity contribution >= 4 is 46.1 Å². The monoisotopic (exact) mass is 374 g/mol. The molecule has 3 N–H and O–H groups in total. The second-order valence-corrected chi connectivity index (χ2v) is 6.05. The third kappa shape index (κ3) is 3.52. The first-order valence-electron chi connectivity index (χ1n) is 7.19. The van der Waals surface area contributed by atoms with Crippen molar-refractivity contribution in [1.29, 1.82) is 0 Å². The number of carbonyl (C=O) groups is 1. The Bertz CT molecular complexity index is 1000. The van der Waals surface area contributed by atoms with Crippen LogP contribution in [0.15, 0.2) is 53.6 Å². The maximum atomic E-state index is 12.1. The average Bonchev–Trinajstić information content (AvgIpc) is 2.59. The van der Waals surface area contributed by atoms with Crippen molar-refractivity contribution in [3.8, 4) is 11.5 Å². The minimum atomic E-state index is -0.683. The number of phenols is 2. The maximum Gasteiger partial charge on any atom is 0.275 e. The van der Waals surface area contributed by atoms with Gasteiger partial charge in [-0.3, -0.25) is 4.79 Å². The molecule has 0 bridgehead atoms. The van der Waals surface area contributed by atoms with E-state index < -0.39 is 5.91 Å². The lowest BCUT2D eigenvalue weighted by molar-refractivity contribution is 0.0952. The number of hydrazone groups is 1. The van der Waals surface area contributed by atoms with Crippen molar-refractivity contribution in [2.24, 2.45) is 5.10 Å². The third-order valence-corrected chi connectivity index (χ3v) is 4.09. The van der Waals surface area contributed by atoms with Gasteiger partial charge in [-0.05, 0) is 29.0 Å². The molecule has 0 aromatic heterocycles. The zero-order valence-corrected chi connectivity index (χ0v) is 14.2. The summed E-state index contributed by atoms with van der Waals surface area (Å²) in [4.78, 5) is 12.1. The molecule has 0 saturated heterocycles. The molecule has 25 heavy (non-hydrogen) atoms. The van der Waals surface area contributed by atoms with Crippen LogP contribution < -0.4 is 5.43 Å². The molecule has 3 aromatic carbocycles. The van der Waals surface area contributed by atoms with Crippen molar-refractivity contribution in [3.63, 3.8) is 0 Å². The summed E-state index contributed by atoms with van der Waals surface area (Å²) in [7, 11) is 0. The largest absolute Gasteiger partial charge is 0.507 e. The Morgan fingerprint density at radius 1 is 1.08 bits per heavy atom. The Labute approximate surface area is 153 Å². The van der Waals surface area contributed by atoms with Gasteiger partial charge < -0.3 is 10.2 Å². The summed E-state index contributed by atoms with van der Waals surface area (Å²) in [5, 5.41) is 25.6. The van der Waals surface area contributed by atoms with Gasteiger partial charge in [-0.15, -0.1) is 0 Å². The SMILES string of the molecule is O=C(N/N=C/c1c(O)ccc2ccccc12)c1cc(Cl)cc(Cl)c1O. The second kappa shape index (κ2) is 7.01. The minimum absolute atomic E-state index is 0.0327. The van der Waals surface area contributed by atoms with Gasteiger partial charge in [-0.2, -0.15) is 5.10 Å². The number of aromatic hydroxyl groups is 2. The lowest BCUT2D eigenvalue weighted by Gasteiger charge is -2.06. The van der Waals surface area contributed by atoms with Gasteiger partial charge in [0.05, 0.1) is 16.8 Å². The minimum Gasteiger partial charge on any atom is -0.507 e. The highest BCUT2D eigenvalue weighted by Crippen LogP contribution is 2.31. The quantitative estimate of drug-likeness (QED) is 0.471. The Kier molecular flexibility index (Phi) is 4.79. The molecular weight excluding hydrogens is 363 g/mol. The number of carbonyl (C=O) groups excluding carboxylic acids is 1. The van der Waals surface area contributed by atoms with Gasteiger partial charge in [0, 0.05) is 10.6 Å². The molecule has 0 saturated carbocycles. The van der Waals surface area contributed by atoms with Crippen molar-refractivity contribution in [1.82, 2.24) is 5.43 Å². The van der Waals surface area contributed by atoms with Crippen LogP contribution in [-0.4, -0.2) is 22.3 Å². The molecule has 0 aliphatic heterocycles. The average molecular weight is 375 g/mol. The topological polar surface area (TPSA) is 81.9 Å². The molecule has 0 atom stereocenters. The van der Waals surface area contributed by atoms with Gasteiger partial charge in [0.15, 0.2) is 0 Å². The molecule has 7 heteroatoms. The zero-order valence-electron chi connectivity index (χ0n) is 12.7. The molecule has 0 radical (unpaired) electrons. The predicted molar refractivity (Wildman–Crippen MR) is 98.8 cm³/mol. The van der Waals surface area contributed by atoms with Crippen LogP contribution in [0, 0.1) is 0 Å². The van der Waals surface area contributed by atoms with E-state index in [1.165, 1.54) is 18.3 Å². The van der Waals surface area contributed by atoms with Crippen LogP contribution in [-0.2, 0) is 0 Å². The van der Waals surface area contributed by atoms with Crippen molar-refractivity contribution < 1.29 is 15.0 Å². The number of amides is 1. The van der Waals surface area contributed by atoms with Crippen LogP contribution in [0.3, 0.4) is 0 Å². The molecule has 3 rings (SSSR count). The normalized spacial score (nSPS) is 11.1. The van der Waals surface area contributed by atoms with Gasteiger partial charge in [-0.1, -0.05) is 53.5 Å². The number of hydrogen-bond acceptors (Lipinski definition) is 4. The molecule has 0 fully saturated rings. The number of hydrogen-bond donors (Lipinski definition) is 3. The van der Waals surface area contributed by atoms with E-state index in [9.17, 15) is 15.0 Å². The third-order valence-electron chi connectivity index (χ3n) is 3.58. The molecule has 0 aliphatic rings. The Morgan fingerprint density at radius 3 is 2.64 bits per heavy atom. The predicted octanol–water partition coefficient (Wildman–Crippen LogP) is 4.32. The highest BCUT2D eigenvalue weighted by molar-refractivity contribution is 6.36. The molecule has 5 nitrogen and oxygen atoms in total. The van der Waals surface area contributed by atoms with Crippen LogP contribution in [0.2, 0.25) is 10.0 Å². The van der Waals surface area contributed by atoms with Crippen LogP contribution in [0.25, 0.3) is 10.8 Å². The van der Waals surface area contributed by atoms with Crippen LogP contribution in [0.5, 0.6) is 11.5 Å². The molecular formula is C18H12Cl2N2O3. The fourth-order valence-corrected chi connectivity index (χ4v) is 2.87. The number of halogens is 2. The number of nitrogens with zero attached hydrogens (tertiary/aromatic N) is 1. The number of rotatable bonds is 3. The fraction of sp³-hybridized carbons (Fsp3) is 0. The number of benzene rings is 3. The molecule has 0 heterocycles. The molecule has 1 amide bonds. The van der Waals surface area contributed by atoms with E-state index in [0.717, 1.165) is 10.8 Å². The maximum absolute atomic E-state index is 12.1. The van der Waals surface area contributed by atoms with Gasteiger partial charge in [0.25, 0.3) is 5.91 Å². The van der Waals surface area contributed by atoms with E-state index in [2.05, 4.69) is 10.5 Å². The summed E-state index contributed by atoms with van der Waals surface area (Å²) in [5.41, 5.74) is 2.64. The van der Waals surface area contributed by atoms with E-state index in [1.54, 1.807) is 12.1 Å².